The van der Waals surface area contributed by atoms with Crippen LogP contribution >= 0.6 is 0 Å². The zero-order chi connectivity index (χ0) is 8.55. The van der Waals surface area contributed by atoms with Gasteiger partial charge in [0.25, 0.3) is 0 Å². The van der Waals surface area contributed by atoms with Crippen LogP contribution in [0.3, 0.4) is 0 Å². The molecule has 0 amide bonds. The average Bonchev–Trinajstić information content (AvgIpc) is 2.82. The van der Waals surface area contributed by atoms with Crippen LogP contribution in [0.25, 0.3) is 0 Å². The van der Waals surface area contributed by atoms with Gasteiger partial charge in [-0.15, -0.1) is 0 Å². The molecule has 0 bridgehead atoms. The average molecular weight is 163 g/mol. The first-order chi connectivity index (χ1) is 5.83. The third-order valence-electron chi connectivity index (χ3n) is 2.59. The molecule has 2 aliphatic rings. The molecule has 0 aliphatic heterocycles. The third-order valence-corrected chi connectivity index (χ3v) is 2.59. The topological polar surface area (TPSA) is 21.6 Å². The molecule has 12 heavy (non-hydrogen) atoms. The maximum Gasteiger partial charge on any atom is 0.106 e. The highest BCUT2D eigenvalue weighted by Crippen LogP contribution is 2.48. The Kier molecular flexibility index (Phi) is 1.75. The van der Waals surface area contributed by atoms with Crippen molar-refractivity contribution in [2.75, 3.05) is 7.11 Å². The lowest BCUT2D eigenvalue weighted by Crippen LogP contribution is -1.97. The summed E-state index contributed by atoms with van der Waals surface area (Å²) in [7, 11) is 1.58. The summed E-state index contributed by atoms with van der Waals surface area (Å²) >= 11 is 0. The van der Waals surface area contributed by atoms with Crippen LogP contribution in [0.5, 0.6) is 0 Å². The van der Waals surface area contributed by atoms with Crippen LogP contribution in [0.15, 0.2) is 28.5 Å². The summed E-state index contributed by atoms with van der Waals surface area (Å²) in [5, 5.41) is 3.81. The van der Waals surface area contributed by atoms with E-state index in [4.69, 9.17) is 0 Å². The highest BCUT2D eigenvalue weighted by molar-refractivity contribution is 5.82. The van der Waals surface area contributed by atoms with Gasteiger partial charge in [-0.1, -0.05) is 17.3 Å². The second kappa shape index (κ2) is 2.77. The number of allylic oxidation sites excluding steroid dienone is 4. The zero-order valence-electron chi connectivity index (χ0n) is 7.45. The van der Waals surface area contributed by atoms with E-state index >= 15 is 0 Å². The number of hydrogen-bond donors (Lipinski definition) is 0. The first-order valence-electron chi connectivity index (χ1n) is 4.28. The van der Waals surface area contributed by atoms with Crippen molar-refractivity contribution in [2.24, 2.45) is 17.0 Å². The van der Waals surface area contributed by atoms with Crippen molar-refractivity contribution in [3.63, 3.8) is 0 Å². The van der Waals surface area contributed by atoms with Crippen LogP contribution in [0.1, 0.15) is 13.3 Å². The van der Waals surface area contributed by atoms with E-state index in [9.17, 15) is 0 Å². The highest BCUT2D eigenvalue weighted by Gasteiger charge is 2.39. The fourth-order valence-electron chi connectivity index (χ4n) is 1.75. The molecule has 0 aromatic rings. The lowest BCUT2D eigenvalue weighted by atomic mass is 10.00. The summed E-state index contributed by atoms with van der Waals surface area (Å²) in [6.45, 7) is 2.13. The minimum absolute atomic E-state index is 0.730. The van der Waals surface area contributed by atoms with Crippen LogP contribution in [0.2, 0.25) is 0 Å². The van der Waals surface area contributed by atoms with E-state index < -0.39 is 0 Å². The van der Waals surface area contributed by atoms with Crippen LogP contribution in [-0.4, -0.2) is 13.3 Å². The van der Waals surface area contributed by atoms with Crippen LogP contribution in [0.4, 0.5) is 0 Å². The van der Waals surface area contributed by atoms with E-state index in [-0.39, 0.29) is 0 Å². The van der Waals surface area contributed by atoms with Gasteiger partial charge < -0.3 is 4.84 Å². The summed E-state index contributed by atoms with van der Waals surface area (Å²) in [6.07, 6.45) is 7.62. The second-order valence-corrected chi connectivity index (χ2v) is 3.42. The Labute approximate surface area is 72.6 Å². The van der Waals surface area contributed by atoms with Crippen molar-refractivity contribution in [3.8, 4) is 0 Å². The summed E-state index contributed by atoms with van der Waals surface area (Å²) in [6, 6.07) is 0. The van der Waals surface area contributed by atoms with Crippen molar-refractivity contribution in [1.29, 1.82) is 0 Å². The lowest BCUT2D eigenvalue weighted by molar-refractivity contribution is 0.215. The van der Waals surface area contributed by atoms with Gasteiger partial charge in [-0.2, -0.15) is 0 Å². The van der Waals surface area contributed by atoms with Crippen molar-refractivity contribution in [2.45, 2.75) is 13.3 Å². The molecule has 2 unspecified atom stereocenters. The van der Waals surface area contributed by atoms with Crippen LogP contribution in [-0.2, 0) is 4.84 Å². The first kappa shape index (κ1) is 7.59. The number of fused-ring (bicyclic) bond motifs is 1. The molecule has 0 N–H and O–H groups in total. The Hall–Kier alpha value is -1.05. The molecule has 0 aromatic heterocycles. The first-order valence-corrected chi connectivity index (χ1v) is 4.28. The van der Waals surface area contributed by atoms with E-state index in [0.29, 0.717) is 0 Å². The predicted octanol–water partition coefficient (Wildman–Crippen LogP) is 2.14. The molecule has 0 spiro atoms. The molecule has 64 valence electrons. The Morgan fingerprint density at radius 3 is 3.25 bits per heavy atom. The number of rotatable bonds is 2. The van der Waals surface area contributed by atoms with E-state index in [2.05, 4.69) is 29.1 Å². The van der Waals surface area contributed by atoms with E-state index in [0.717, 1.165) is 11.8 Å². The van der Waals surface area contributed by atoms with Gasteiger partial charge in [0.05, 0.1) is 6.21 Å². The quantitative estimate of drug-likeness (QED) is 0.451. The summed E-state index contributed by atoms with van der Waals surface area (Å²) in [5.74, 6) is 1.51. The highest BCUT2D eigenvalue weighted by atomic mass is 16.6. The van der Waals surface area contributed by atoms with Crippen molar-refractivity contribution in [1.82, 2.24) is 0 Å². The minimum Gasteiger partial charge on any atom is -0.399 e. The maximum absolute atomic E-state index is 4.67. The van der Waals surface area contributed by atoms with Gasteiger partial charge in [0, 0.05) is 0 Å². The fraction of sp³-hybridized carbons (Fsp3) is 0.500. The molecule has 0 radical (unpaired) electrons. The van der Waals surface area contributed by atoms with Gasteiger partial charge in [0.2, 0.25) is 0 Å². The van der Waals surface area contributed by atoms with Gasteiger partial charge in [0.1, 0.15) is 7.11 Å². The van der Waals surface area contributed by atoms with Gasteiger partial charge in [0.15, 0.2) is 0 Å². The SMILES string of the molecule is CO/N=C/C1=C(C)C=CC2CC12. The van der Waals surface area contributed by atoms with Crippen molar-refractivity contribution in [3.05, 3.63) is 23.3 Å². The van der Waals surface area contributed by atoms with Gasteiger partial charge in [-0.05, 0) is 36.3 Å². The van der Waals surface area contributed by atoms with Gasteiger partial charge in [-0.25, -0.2) is 0 Å². The van der Waals surface area contributed by atoms with Gasteiger partial charge >= 0.3 is 0 Å². The monoisotopic (exact) mass is 163 g/mol. The molecular weight excluding hydrogens is 150 g/mol. The second-order valence-electron chi connectivity index (χ2n) is 3.42. The van der Waals surface area contributed by atoms with Crippen LogP contribution < -0.4 is 0 Å². The Morgan fingerprint density at radius 1 is 1.67 bits per heavy atom. The molecule has 0 saturated heterocycles. The lowest BCUT2D eigenvalue weighted by Gasteiger charge is -2.06. The summed E-state index contributed by atoms with van der Waals surface area (Å²) < 4.78 is 0. The fourth-order valence-corrected chi connectivity index (χ4v) is 1.75. The molecule has 2 rings (SSSR count). The van der Waals surface area contributed by atoms with Crippen molar-refractivity contribution < 1.29 is 4.84 Å². The standard InChI is InChI=1S/C10H13NO/c1-7-3-4-8-5-9(8)10(7)6-11-12-2/h3-4,6,8-9H,5H2,1-2H3/b11-6+. The van der Waals surface area contributed by atoms with Gasteiger partial charge in [-0.3, -0.25) is 0 Å². The number of nitrogens with zero attached hydrogens (tertiary/aromatic N) is 1. The molecular formula is C10H13NO. The Bertz CT molecular complexity index is 276. The summed E-state index contributed by atoms with van der Waals surface area (Å²) in [4.78, 5) is 4.67. The molecule has 1 saturated carbocycles. The van der Waals surface area contributed by atoms with Crippen molar-refractivity contribution >= 4 is 6.21 Å². The number of hydrogen-bond acceptors (Lipinski definition) is 2. The molecule has 0 heterocycles. The molecule has 1 fully saturated rings. The third kappa shape index (κ3) is 1.17. The number of oxime groups is 1. The largest absolute Gasteiger partial charge is 0.399 e. The minimum atomic E-state index is 0.730. The molecule has 2 atom stereocenters. The van der Waals surface area contributed by atoms with E-state index in [1.54, 1.807) is 7.11 Å². The Balaban J connectivity index is 2.20. The smallest absolute Gasteiger partial charge is 0.106 e. The Morgan fingerprint density at radius 2 is 2.50 bits per heavy atom. The molecule has 2 nitrogen and oxygen atoms in total. The normalized spacial score (nSPS) is 32.5. The molecule has 2 aliphatic carbocycles. The molecule has 2 heteroatoms. The predicted molar refractivity (Wildman–Crippen MR) is 48.9 cm³/mol. The zero-order valence-corrected chi connectivity index (χ0v) is 7.45. The van der Waals surface area contributed by atoms with E-state index in [1.807, 2.05) is 6.21 Å². The van der Waals surface area contributed by atoms with Crippen LogP contribution in [0, 0.1) is 11.8 Å². The summed E-state index contributed by atoms with van der Waals surface area (Å²) in [5.41, 5.74) is 2.68. The van der Waals surface area contributed by atoms with E-state index in [1.165, 1.54) is 17.6 Å². The maximum atomic E-state index is 4.67. The molecule has 0 aromatic carbocycles.